The first-order valence-corrected chi connectivity index (χ1v) is 14.1. The predicted molar refractivity (Wildman–Crippen MR) is 164 cm³/mol. The summed E-state index contributed by atoms with van der Waals surface area (Å²) in [4.78, 5) is 15.1. The predicted octanol–water partition coefficient (Wildman–Crippen LogP) is 8.89. The first-order valence-electron chi connectivity index (χ1n) is 14.1. The number of fused-ring (bicyclic) bond motifs is 1. The maximum Gasteiger partial charge on any atom is 0.120 e. The summed E-state index contributed by atoms with van der Waals surface area (Å²) in [5, 5.41) is 1.36. The average Bonchev–Trinajstić information content (AvgIpc) is 3.26. The van der Waals surface area contributed by atoms with Crippen LogP contribution in [0.1, 0.15) is 103 Å². The number of nitrogens with zero attached hydrogens (tertiary/aromatic N) is 3. The summed E-state index contributed by atoms with van der Waals surface area (Å²) in [6.45, 7) is 21.9. The highest BCUT2D eigenvalue weighted by atomic mass is 15.1. The van der Waals surface area contributed by atoms with Crippen LogP contribution in [0.25, 0.3) is 16.5 Å². The Labute approximate surface area is 225 Å². The standard InChI is InChI=1S/C33H48N4/c1-10-26(12-14-29(11-2)35-25(8)34-9)33-32(23(5)6)30-21-28(13-15-31(30)36-33)27-16-18-37(19-17-27)24(7)20-22(3)4/h10,12-15,21-23,27,36H,7,11,16-20H2,1-6,8-9H3/b14-12-,26-10+,34-25?,35-29?. The summed E-state index contributed by atoms with van der Waals surface area (Å²) in [5.74, 6) is 2.49. The SMILES string of the molecule is C=C(CC(C)C)N1CCC(c2ccc3[nH]c(C(/C=C\C(CC)=NC(C)=NC)=C/C)c(C(C)C)c3c2)CC1. The zero-order valence-corrected chi connectivity index (χ0v) is 24.5. The van der Waals surface area contributed by atoms with Crippen molar-refractivity contribution in [3.05, 3.63) is 65.5 Å². The lowest BCUT2D eigenvalue weighted by molar-refractivity contribution is 0.251. The number of hydrogen-bond acceptors (Lipinski definition) is 2. The van der Waals surface area contributed by atoms with Gasteiger partial charge in [-0.15, -0.1) is 0 Å². The van der Waals surface area contributed by atoms with Crippen molar-refractivity contribution in [1.29, 1.82) is 0 Å². The molecule has 2 heterocycles. The number of nitrogens with one attached hydrogen (secondary N) is 1. The molecule has 200 valence electrons. The molecule has 0 spiro atoms. The van der Waals surface area contributed by atoms with Crippen LogP contribution in [0.2, 0.25) is 0 Å². The number of aromatic amines is 1. The van der Waals surface area contributed by atoms with E-state index in [0.717, 1.165) is 37.5 Å². The number of likely N-dealkylation sites (tertiary alicyclic amines) is 1. The molecular formula is C33H48N4. The topological polar surface area (TPSA) is 43.8 Å². The van der Waals surface area contributed by atoms with E-state index < -0.39 is 0 Å². The van der Waals surface area contributed by atoms with Crippen molar-refractivity contribution in [1.82, 2.24) is 9.88 Å². The quantitative estimate of drug-likeness (QED) is 0.208. The first-order chi connectivity index (χ1) is 17.7. The Hall–Kier alpha value is -2.88. The van der Waals surface area contributed by atoms with Crippen LogP contribution in [0.5, 0.6) is 0 Å². The number of allylic oxidation sites excluding steroid dienone is 5. The van der Waals surface area contributed by atoms with Gasteiger partial charge in [0.15, 0.2) is 0 Å². The lowest BCUT2D eigenvalue weighted by Gasteiger charge is -2.35. The normalized spacial score (nSPS) is 16.7. The molecule has 0 atom stereocenters. The van der Waals surface area contributed by atoms with Gasteiger partial charge in [-0.1, -0.05) is 59.4 Å². The molecular weight excluding hydrogens is 452 g/mol. The van der Waals surface area contributed by atoms with E-state index in [2.05, 4.69) is 104 Å². The molecule has 1 N–H and O–H groups in total. The Balaban J connectivity index is 1.89. The smallest absolute Gasteiger partial charge is 0.120 e. The fraction of sp³-hybridized carbons (Fsp3) is 0.515. The average molecular weight is 501 g/mol. The van der Waals surface area contributed by atoms with Crippen LogP contribution in [0.3, 0.4) is 0 Å². The third-order valence-electron chi connectivity index (χ3n) is 7.54. The van der Waals surface area contributed by atoms with Crippen LogP contribution >= 0.6 is 0 Å². The molecule has 37 heavy (non-hydrogen) atoms. The van der Waals surface area contributed by atoms with Gasteiger partial charge in [0.05, 0.1) is 0 Å². The van der Waals surface area contributed by atoms with Crippen molar-refractivity contribution >= 4 is 28.0 Å². The lowest BCUT2D eigenvalue weighted by Crippen LogP contribution is -2.32. The second-order valence-electron chi connectivity index (χ2n) is 11.1. The van der Waals surface area contributed by atoms with E-state index in [1.54, 1.807) is 7.05 Å². The number of amidine groups is 1. The van der Waals surface area contributed by atoms with Crippen molar-refractivity contribution < 1.29 is 0 Å². The Kier molecular flexibility index (Phi) is 10.1. The van der Waals surface area contributed by atoms with E-state index in [1.165, 1.54) is 51.8 Å². The van der Waals surface area contributed by atoms with Crippen LogP contribution < -0.4 is 0 Å². The van der Waals surface area contributed by atoms with Crippen molar-refractivity contribution in [2.75, 3.05) is 20.1 Å². The van der Waals surface area contributed by atoms with Gasteiger partial charge in [0.2, 0.25) is 0 Å². The minimum atomic E-state index is 0.414. The van der Waals surface area contributed by atoms with E-state index in [9.17, 15) is 0 Å². The second kappa shape index (κ2) is 13.1. The summed E-state index contributed by atoms with van der Waals surface area (Å²) < 4.78 is 0. The number of H-pyrrole nitrogens is 1. The monoisotopic (exact) mass is 500 g/mol. The Morgan fingerprint density at radius 3 is 2.43 bits per heavy atom. The second-order valence-corrected chi connectivity index (χ2v) is 11.1. The Bertz CT molecular complexity index is 1190. The largest absolute Gasteiger partial charge is 0.375 e. The number of rotatable bonds is 9. The summed E-state index contributed by atoms with van der Waals surface area (Å²) in [5.41, 5.74) is 8.86. The molecule has 1 aromatic carbocycles. The van der Waals surface area contributed by atoms with Gasteiger partial charge in [-0.05, 0) is 92.2 Å². The zero-order chi connectivity index (χ0) is 27.1. The van der Waals surface area contributed by atoms with Gasteiger partial charge < -0.3 is 9.88 Å². The summed E-state index contributed by atoms with van der Waals surface area (Å²) in [7, 11) is 1.79. The molecule has 0 radical (unpaired) electrons. The molecule has 0 aliphatic carbocycles. The third-order valence-corrected chi connectivity index (χ3v) is 7.54. The van der Waals surface area contributed by atoms with E-state index in [4.69, 9.17) is 0 Å². The summed E-state index contributed by atoms with van der Waals surface area (Å²) in [6.07, 6.45) is 10.9. The van der Waals surface area contributed by atoms with Crippen molar-refractivity contribution in [3.8, 4) is 0 Å². The highest BCUT2D eigenvalue weighted by Crippen LogP contribution is 2.37. The third kappa shape index (κ3) is 7.12. The van der Waals surface area contributed by atoms with E-state index in [1.807, 2.05) is 6.92 Å². The number of benzene rings is 1. The Morgan fingerprint density at radius 2 is 1.86 bits per heavy atom. The first kappa shape index (κ1) is 28.7. The summed E-state index contributed by atoms with van der Waals surface area (Å²) >= 11 is 0. The van der Waals surface area contributed by atoms with E-state index >= 15 is 0 Å². The minimum Gasteiger partial charge on any atom is -0.375 e. The van der Waals surface area contributed by atoms with Crippen LogP contribution in [-0.4, -0.2) is 41.6 Å². The van der Waals surface area contributed by atoms with E-state index in [-0.39, 0.29) is 0 Å². The Morgan fingerprint density at radius 1 is 1.16 bits per heavy atom. The molecule has 1 aliphatic heterocycles. The maximum absolute atomic E-state index is 4.64. The molecule has 0 bridgehead atoms. The van der Waals surface area contributed by atoms with Crippen LogP contribution in [0.4, 0.5) is 0 Å². The molecule has 3 rings (SSSR count). The molecule has 4 heteroatoms. The molecule has 1 fully saturated rings. The number of piperidine rings is 1. The molecule has 1 saturated heterocycles. The van der Waals surface area contributed by atoms with Crippen molar-refractivity contribution in [2.45, 2.75) is 86.0 Å². The lowest BCUT2D eigenvalue weighted by atomic mass is 9.87. The maximum atomic E-state index is 4.64. The van der Waals surface area contributed by atoms with Crippen LogP contribution in [0, 0.1) is 5.92 Å². The van der Waals surface area contributed by atoms with Crippen LogP contribution in [-0.2, 0) is 0 Å². The van der Waals surface area contributed by atoms with Gasteiger partial charge in [0, 0.05) is 48.1 Å². The highest BCUT2D eigenvalue weighted by molar-refractivity contribution is 6.04. The van der Waals surface area contributed by atoms with Gasteiger partial charge in [0.1, 0.15) is 5.84 Å². The number of aromatic nitrogens is 1. The fourth-order valence-corrected chi connectivity index (χ4v) is 5.44. The minimum absolute atomic E-state index is 0.414. The van der Waals surface area contributed by atoms with Crippen molar-refractivity contribution in [2.24, 2.45) is 15.9 Å². The molecule has 0 amide bonds. The molecule has 0 saturated carbocycles. The molecule has 1 aliphatic rings. The highest BCUT2D eigenvalue weighted by Gasteiger charge is 2.23. The van der Waals surface area contributed by atoms with Gasteiger partial charge in [-0.3, -0.25) is 4.99 Å². The fourth-order valence-electron chi connectivity index (χ4n) is 5.44. The molecule has 0 unspecified atom stereocenters. The van der Waals surface area contributed by atoms with Gasteiger partial charge in [0.25, 0.3) is 0 Å². The molecule has 4 nitrogen and oxygen atoms in total. The number of aliphatic imine (C=N–C) groups is 2. The summed E-state index contributed by atoms with van der Waals surface area (Å²) in [6, 6.07) is 7.10. The van der Waals surface area contributed by atoms with Crippen LogP contribution in [0.15, 0.2) is 58.7 Å². The van der Waals surface area contributed by atoms with Crippen molar-refractivity contribution in [3.63, 3.8) is 0 Å². The molecule has 2 aromatic rings. The molecule has 1 aromatic heterocycles. The zero-order valence-electron chi connectivity index (χ0n) is 24.5. The number of hydrogen-bond donors (Lipinski definition) is 1. The van der Waals surface area contributed by atoms with Gasteiger partial charge in [-0.25, -0.2) is 4.99 Å². The van der Waals surface area contributed by atoms with Gasteiger partial charge >= 0.3 is 0 Å². The van der Waals surface area contributed by atoms with Gasteiger partial charge in [-0.2, -0.15) is 0 Å². The van der Waals surface area contributed by atoms with E-state index in [0.29, 0.717) is 17.8 Å².